The molecule has 0 saturated carbocycles. The third-order valence-corrected chi connectivity index (χ3v) is 3.78. The van der Waals surface area contributed by atoms with Crippen LogP contribution in [0.25, 0.3) is 0 Å². The van der Waals surface area contributed by atoms with Gasteiger partial charge in [0.25, 0.3) is 5.91 Å². The molecule has 0 aliphatic carbocycles. The number of halogens is 3. The second-order valence-corrected chi connectivity index (χ2v) is 5.91. The van der Waals surface area contributed by atoms with E-state index >= 15 is 0 Å². The highest BCUT2D eigenvalue weighted by Crippen LogP contribution is 2.18. The predicted octanol–water partition coefficient (Wildman–Crippen LogP) is 3.46. The monoisotopic (exact) mass is 366 g/mol. The second kappa shape index (κ2) is 8.60. The summed E-state index contributed by atoms with van der Waals surface area (Å²) < 4.78 is 13.4. The first kappa shape index (κ1) is 19.4. The molecule has 1 atom stereocenters. The van der Waals surface area contributed by atoms with Crippen LogP contribution in [-0.4, -0.2) is 30.4 Å². The van der Waals surface area contributed by atoms with Crippen LogP contribution in [0.5, 0.6) is 0 Å². The standard InChI is InChI=1S/C14H20BrFN2O.ClH/c1-9(2)13(17)6-7-18(3)14(19)10-4-5-12(16)11(15)8-10;/h4-5,8-9,13H,6-7,17H2,1-3H3;1H. The molecule has 1 amide bonds. The average Bonchev–Trinajstić information content (AvgIpc) is 2.37. The molecule has 1 aromatic rings. The fourth-order valence-corrected chi connectivity index (χ4v) is 2.01. The van der Waals surface area contributed by atoms with Crippen molar-refractivity contribution in [1.82, 2.24) is 4.90 Å². The molecule has 1 unspecified atom stereocenters. The zero-order valence-corrected chi connectivity index (χ0v) is 14.3. The molecule has 2 N–H and O–H groups in total. The van der Waals surface area contributed by atoms with Gasteiger partial charge < -0.3 is 10.6 Å². The molecule has 0 bridgehead atoms. The number of nitrogens with zero attached hydrogens (tertiary/aromatic N) is 1. The van der Waals surface area contributed by atoms with E-state index in [1.54, 1.807) is 11.9 Å². The Balaban J connectivity index is 0.00000361. The van der Waals surface area contributed by atoms with Crippen LogP contribution in [0.4, 0.5) is 4.39 Å². The minimum atomic E-state index is -0.374. The highest BCUT2D eigenvalue weighted by atomic mass is 79.9. The fraction of sp³-hybridized carbons (Fsp3) is 0.500. The topological polar surface area (TPSA) is 46.3 Å². The van der Waals surface area contributed by atoms with E-state index in [0.717, 1.165) is 6.42 Å². The number of rotatable bonds is 5. The Morgan fingerprint density at radius 2 is 2.05 bits per heavy atom. The second-order valence-electron chi connectivity index (χ2n) is 5.05. The Hall–Kier alpha value is -0.650. The van der Waals surface area contributed by atoms with Gasteiger partial charge >= 0.3 is 0 Å². The van der Waals surface area contributed by atoms with Crippen molar-refractivity contribution in [1.29, 1.82) is 0 Å². The van der Waals surface area contributed by atoms with E-state index in [-0.39, 0.29) is 30.2 Å². The summed E-state index contributed by atoms with van der Waals surface area (Å²) in [4.78, 5) is 13.7. The van der Waals surface area contributed by atoms with Gasteiger partial charge in [-0.05, 0) is 46.5 Å². The van der Waals surface area contributed by atoms with Gasteiger partial charge in [-0.15, -0.1) is 12.4 Å². The van der Waals surface area contributed by atoms with Crippen molar-refractivity contribution in [2.24, 2.45) is 11.7 Å². The maximum Gasteiger partial charge on any atom is 0.253 e. The highest BCUT2D eigenvalue weighted by Gasteiger charge is 2.15. The van der Waals surface area contributed by atoms with E-state index in [9.17, 15) is 9.18 Å². The van der Waals surface area contributed by atoms with Crippen LogP contribution in [0.1, 0.15) is 30.6 Å². The largest absolute Gasteiger partial charge is 0.342 e. The number of hydrogen-bond acceptors (Lipinski definition) is 2. The molecule has 20 heavy (non-hydrogen) atoms. The highest BCUT2D eigenvalue weighted by molar-refractivity contribution is 9.10. The van der Waals surface area contributed by atoms with Crippen molar-refractivity contribution < 1.29 is 9.18 Å². The molecular weight excluding hydrogens is 347 g/mol. The summed E-state index contributed by atoms with van der Waals surface area (Å²) in [6, 6.07) is 4.35. The first-order valence-electron chi connectivity index (χ1n) is 6.29. The lowest BCUT2D eigenvalue weighted by Crippen LogP contribution is -2.34. The van der Waals surface area contributed by atoms with Crippen molar-refractivity contribution in [3.63, 3.8) is 0 Å². The number of nitrogens with two attached hydrogens (primary N) is 1. The Labute approximate surface area is 134 Å². The Morgan fingerprint density at radius 1 is 1.45 bits per heavy atom. The number of carbonyl (C=O) groups is 1. The third-order valence-electron chi connectivity index (χ3n) is 3.17. The average molecular weight is 368 g/mol. The van der Waals surface area contributed by atoms with Gasteiger partial charge in [-0.25, -0.2) is 4.39 Å². The maximum atomic E-state index is 13.1. The third kappa shape index (κ3) is 5.38. The number of benzene rings is 1. The zero-order valence-electron chi connectivity index (χ0n) is 11.9. The normalized spacial score (nSPS) is 11.9. The van der Waals surface area contributed by atoms with Crippen LogP contribution in [0.2, 0.25) is 0 Å². The van der Waals surface area contributed by atoms with Crippen molar-refractivity contribution in [2.75, 3.05) is 13.6 Å². The predicted molar refractivity (Wildman–Crippen MR) is 85.7 cm³/mol. The molecule has 3 nitrogen and oxygen atoms in total. The molecule has 1 aromatic carbocycles. The molecule has 0 aliphatic rings. The summed E-state index contributed by atoms with van der Waals surface area (Å²) in [6.07, 6.45) is 0.752. The van der Waals surface area contributed by atoms with Gasteiger partial charge in [0.15, 0.2) is 0 Å². The smallest absolute Gasteiger partial charge is 0.253 e. The zero-order chi connectivity index (χ0) is 14.6. The molecule has 0 aromatic heterocycles. The molecular formula is C14H21BrClFN2O. The lowest BCUT2D eigenvalue weighted by atomic mass is 10.0. The molecule has 114 valence electrons. The van der Waals surface area contributed by atoms with E-state index in [1.165, 1.54) is 18.2 Å². The molecule has 0 heterocycles. The van der Waals surface area contributed by atoms with Crippen molar-refractivity contribution >= 4 is 34.2 Å². The van der Waals surface area contributed by atoms with Gasteiger partial charge in [0, 0.05) is 25.2 Å². The van der Waals surface area contributed by atoms with Crippen LogP contribution in [-0.2, 0) is 0 Å². The molecule has 6 heteroatoms. The summed E-state index contributed by atoms with van der Waals surface area (Å²) in [5.74, 6) is -0.110. The first-order chi connectivity index (χ1) is 8.82. The fourth-order valence-electron chi connectivity index (χ4n) is 1.63. The van der Waals surface area contributed by atoms with Crippen molar-refractivity contribution in [3.05, 3.63) is 34.1 Å². The van der Waals surface area contributed by atoms with Gasteiger partial charge in [-0.3, -0.25) is 4.79 Å². The van der Waals surface area contributed by atoms with E-state index in [1.807, 2.05) is 0 Å². The van der Waals surface area contributed by atoms with Gasteiger partial charge in [0.2, 0.25) is 0 Å². The van der Waals surface area contributed by atoms with Crippen LogP contribution in [0.15, 0.2) is 22.7 Å². The van der Waals surface area contributed by atoms with Crippen LogP contribution in [0.3, 0.4) is 0 Å². The molecule has 1 rings (SSSR count). The van der Waals surface area contributed by atoms with Gasteiger partial charge in [0.1, 0.15) is 5.82 Å². The number of amides is 1. The summed E-state index contributed by atoms with van der Waals surface area (Å²) in [6.45, 7) is 4.71. The Kier molecular flexibility index (Phi) is 8.32. The molecule has 0 radical (unpaired) electrons. The van der Waals surface area contributed by atoms with Crippen LogP contribution in [0, 0.1) is 11.7 Å². The summed E-state index contributed by atoms with van der Waals surface area (Å²) in [7, 11) is 1.73. The van der Waals surface area contributed by atoms with Crippen molar-refractivity contribution in [2.45, 2.75) is 26.3 Å². The van der Waals surface area contributed by atoms with E-state index in [4.69, 9.17) is 5.73 Å². The van der Waals surface area contributed by atoms with Gasteiger partial charge in [0.05, 0.1) is 4.47 Å². The minimum absolute atomic E-state index is 0. The first-order valence-corrected chi connectivity index (χ1v) is 7.08. The minimum Gasteiger partial charge on any atom is -0.342 e. The van der Waals surface area contributed by atoms with E-state index in [0.29, 0.717) is 22.5 Å². The quantitative estimate of drug-likeness (QED) is 0.866. The number of hydrogen-bond donors (Lipinski definition) is 1. The SMILES string of the molecule is CC(C)C(N)CCN(C)C(=O)c1ccc(F)c(Br)c1.Cl. The van der Waals surface area contributed by atoms with Crippen LogP contribution >= 0.6 is 28.3 Å². The van der Waals surface area contributed by atoms with E-state index in [2.05, 4.69) is 29.8 Å². The molecule has 0 aliphatic heterocycles. The van der Waals surface area contributed by atoms with Crippen molar-refractivity contribution in [3.8, 4) is 0 Å². The summed E-state index contributed by atoms with van der Waals surface area (Å²) in [5.41, 5.74) is 6.42. The molecule has 0 fully saturated rings. The summed E-state index contributed by atoms with van der Waals surface area (Å²) >= 11 is 3.08. The summed E-state index contributed by atoms with van der Waals surface area (Å²) in [5, 5.41) is 0. The van der Waals surface area contributed by atoms with Gasteiger partial charge in [-0.2, -0.15) is 0 Å². The Morgan fingerprint density at radius 3 is 2.55 bits per heavy atom. The molecule has 0 spiro atoms. The lowest BCUT2D eigenvalue weighted by molar-refractivity contribution is 0.0789. The lowest BCUT2D eigenvalue weighted by Gasteiger charge is -2.21. The number of carbonyl (C=O) groups excluding carboxylic acids is 1. The molecule has 0 saturated heterocycles. The van der Waals surface area contributed by atoms with E-state index < -0.39 is 0 Å². The van der Waals surface area contributed by atoms with Gasteiger partial charge in [-0.1, -0.05) is 13.8 Å². The van der Waals surface area contributed by atoms with Crippen LogP contribution < -0.4 is 5.73 Å². The maximum absolute atomic E-state index is 13.1. The Bertz CT molecular complexity index is 457.